The SMILES string of the molecule is O=CON=c1[nH]cc(Cl)o1. The number of nitrogens with one attached hydrogen (secondary N) is 1. The van der Waals surface area contributed by atoms with Crippen LogP contribution in [-0.4, -0.2) is 11.5 Å². The first-order chi connectivity index (χ1) is 4.83. The van der Waals surface area contributed by atoms with Crippen molar-refractivity contribution < 1.29 is 14.0 Å². The summed E-state index contributed by atoms with van der Waals surface area (Å²) >= 11 is 5.34. The van der Waals surface area contributed by atoms with Gasteiger partial charge in [-0.15, -0.1) is 0 Å². The molecule has 1 rings (SSSR count). The van der Waals surface area contributed by atoms with Crippen molar-refractivity contribution in [2.75, 3.05) is 0 Å². The Kier molecular flexibility index (Phi) is 2.11. The molecule has 5 nitrogen and oxygen atoms in total. The van der Waals surface area contributed by atoms with Gasteiger partial charge in [0, 0.05) is 0 Å². The van der Waals surface area contributed by atoms with Gasteiger partial charge >= 0.3 is 12.2 Å². The summed E-state index contributed by atoms with van der Waals surface area (Å²) < 4.78 is 4.64. The maximum absolute atomic E-state index is 9.58. The zero-order valence-electron chi connectivity index (χ0n) is 4.70. The smallest absolute Gasteiger partial charge is 0.335 e. The highest BCUT2D eigenvalue weighted by molar-refractivity contribution is 6.28. The zero-order valence-corrected chi connectivity index (χ0v) is 5.46. The molecule has 54 valence electrons. The van der Waals surface area contributed by atoms with Crippen molar-refractivity contribution in [3.63, 3.8) is 0 Å². The van der Waals surface area contributed by atoms with Crippen LogP contribution < -0.4 is 5.68 Å². The molecule has 0 saturated carbocycles. The molecule has 0 unspecified atom stereocenters. The Morgan fingerprint density at radius 3 is 3.20 bits per heavy atom. The number of rotatable bonds is 2. The summed E-state index contributed by atoms with van der Waals surface area (Å²) in [6, 6.07) is 0. The molecule has 1 aromatic rings. The summed E-state index contributed by atoms with van der Waals surface area (Å²) in [5, 5.41) is 3.32. The third-order valence-electron chi connectivity index (χ3n) is 0.682. The number of oxazole rings is 1. The van der Waals surface area contributed by atoms with E-state index in [1.807, 2.05) is 0 Å². The molecule has 0 fully saturated rings. The summed E-state index contributed by atoms with van der Waals surface area (Å²) in [5.41, 5.74) is 0.0390. The minimum atomic E-state index is 0.0390. The van der Waals surface area contributed by atoms with Crippen molar-refractivity contribution in [2.45, 2.75) is 0 Å². The van der Waals surface area contributed by atoms with Crippen LogP contribution in [0.5, 0.6) is 0 Å². The summed E-state index contributed by atoms with van der Waals surface area (Å²) in [6.45, 7) is 0.171. The predicted octanol–water partition coefficient (Wildman–Crippen LogP) is 0.250. The first kappa shape index (κ1) is 6.88. The van der Waals surface area contributed by atoms with Gasteiger partial charge in [0.25, 0.3) is 0 Å². The van der Waals surface area contributed by atoms with E-state index in [4.69, 9.17) is 11.6 Å². The van der Waals surface area contributed by atoms with Gasteiger partial charge < -0.3 is 14.2 Å². The molecule has 0 aliphatic heterocycles. The highest BCUT2D eigenvalue weighted by atomic mass is 35.5. The Bertz CT molecular complexity index is 276. The molecule has 0 aromatic carbocycles. The van der Waals surface area contributed by atoms with E-state index in [-0.39, 0.29) is 17.4 Å². The molecule has 0 aliphatic rings. The van der Waals surface area contributed by atoms with Crippen LogP contribution in [0.2, 0.25) is 5.22 Å². The monoisotopic (exact) mass is 162 g/mol. The molecule has 0 atom stereocenters. The third kappa shape index (κ3) is 1.63. The third-order valence-corrected chi connectivity index (χ3v) is 0.868. The lowest BCUT2D eigenvalue weighted by molar-refractivity contribution is -0.129. The van der Waals surface area contributed by atoms with Crippen LogP contribution in [0, 0.1) is 0 Å². The molecule has 0 radical (unpaired) electrons. The minimum Gasteiger partial charge on any atom is -0.410 e. The molecule has 6 heteroatoms. The van der Waals surface area contributed by atoms with Crippen LogP contribution in [0.4, 0.5) is 0 Å². The lowest BCUT2D eigenvalue weighted by Crippen LogP contribution is -1.99. The molecule has 1 aromatic heterocycles. The predicted molar refractivity (Wildman–Crippen MR) is 30.8 cm³/mol. The van der Waals surface area contributed by atoms with E-state index in [1.54, 1.807) is 0 Å². The van der Waals surface area contributed by atoms with Crippen molar-refractivity contribution in [3.8, 4) is 0 Å². The van der Waals surface area contributed by atoms with Crippen LogP contribution in [0.1, 0.15) is 0 Å². The quantitative estimate of drug-likeness (QED) is 0.385. The molecule has 0 aliphatic carbocycles. The van der Waals surface area contributed by atoms with Crippen molar-refractivity contribution in [1.29, 1.82) is 0 Å². The largest absolute Gasteiger partial charge is 0.410 e. The van der Waals surface area contributed by atoms with Crippen molar-refractivity contribution in [3.05, 3.63) is 17.1 Å². The minimum absolute atomic E-state index is 0.0390. The van der Waals surface area contributed by atoms with Gasteiger partial charge in [-0.25, -0.2) is 0 Å². The van der Waals surface area contributed by atoms with E-state index in [0.29, 0.717) is 0 Å². The average molecular weight is 163 g/mol. The van der Waals surface area contributed by atoms with Crippen molar-refractivity contribution in [1.82, 2.24) is 4.98 Å². The lowest BCUT2D eigenvalue weighted by atomic mass is 11.0. The lowest BCUT2D eigenvalue weighted by Gasteiger charge is -1.75. The number of carbonyl (C=O) groups excluding carboxylic acids is 1. The number of carbonyl (C=O) groups is 1. The molecule has 0 spiro atoms. The highest BCUT2D eigenvalue weighted by Gasteiger charge is 1.89. The van der Waals surface area contributed by atoms with Gasteiger partial charge in [-0.3, -0.25) is 4.79 Å². The van der Waals surface area contributed by atoms with Gasteiger partial charge in [0.1, 0.15) is 0 Å². The molecular formula is C4H3ClN2O3. The number of nitrogens with zero attached hydrogens (tertiary/aromatic N) is 1. The maximum atomic E-state index is 9.58. The number of H-pyrrole nitrogens is 1. The number of halogens is 1. The molecular weight excluding hydrogens is 160 g/mol. The Labute approximate surface area is 60.2 Å². The second-order valence-corrected chi connectivity index (χ2v) is 1.67. The first-order valence-electron chi connectivity index (χ1n) is 2.30. The van der Waals surface area contributed by atoms with Gasteiger partial charge in [-0.1, -0.05) is 0 Å². The van der Waals surface area contributed by atoms with Crippen LogP contribution in [0.25, 0.3) is 0 Å². The molecule has 10 heavy (non-hydrogen) atoms. The number of hydrogen-bond acceptors (Lipinski definition) is 4. The Morgan fingerprint density at radius 2 is 2.70 bits per heavy atom. The van der Waals surface area contributed by atoms with E-state index in [0.717, 1.165) is 0 Å². The molecule has 0 amide bonds. The Morgan fingerprint density at radius 1 is 1.90 bits per heavy atom. The fourth-order valence-corrected chi connectivity index (χ4v) is 0.512. The van der Waals surface area contributed by atoms with Crippen molar-refractivity contribution in [2.24, 2.45) is 5.16 Å². The van der Waals surface area contributed by atoms with E-state index >= 15 is 0 Å². The number of hydrogen-bond donors (Lipinski definition) is 1. The van der Waals surface area contributed by atoms with E-state index in [2.05, 4.69) is 19.4 Å². The topological polar surface area (TPSA) is 67.6 Å². The Hall–Kier alpha value is -1.23. The van der Waals surface area contributed by atoms with E-state index < -0.39 is 0 Å². The van der Waals surface area contributed by atoms with Gasteiger partial charge in [-0.2, -0.15) is 0 Å². The van der Waals surface area contributed by atoms with Gasteiger partial charge in [0.15, 0.2) is 0 Å². The van der Waals surface area contributed by atoms with Gasteiger partial charge in [-0.05, 0) is 16.8 Å². The Balaban J connectivity index is 2.83. The van der Waals surface area contributed by atoms with Crippen LogP contribution in [-0.2, 0) is 9.63 Å². The molecule has 1 heterocycles. The van der Waals surface area contributed by atoms with Gasteiger partial charge in [0.2, 0.25) is 5.22 Å². The van der Waals surface area contributed by atoms with Crippen LogP contribution in [0.15, 0.2) is 15.8 Å². The number of aromatic nitrogens is 1. The van der Waals surface area contributed by atoms with E-state index in [9.17, 15) is 4.79 Å². The summed E-state index contributed by atoms with van der Waals surface area (Å²) in [4.78, 5) is 16.1. The van der Waals surface area contributed by atoms with Crippen molar-refractivity contribution >= 4 is 18.1 Å². The standard InChI is InChI=1S/C4H3ClN2O3/c5-3-1-6-4(10-3)7-9-2-8/h1-2H,(H,6,7). The second-order valence-electron chi connectivity index (χ2n) is 1.29. The highest BCUT2D eigenvalue weighted by Crippen LogP contribution is 1.98. The van der Waals surface area contributed by atoms with E-state index in [1.165, 1.54) is 6.20 Å². The fourth-order valence-electron chi connectivity index (χ4n) is 0.384. The van der Waals surface area contributed by atoms with Gasteiger partial charge in [0.05, 0.1) is 6.20 Å². The second kappa shape index (κ2) is 3.07. The fraction of sp³-hybridized carbons (Fsp3) is 0. The molecule has 0 bridgehead atoms. The molecule has 0 saturated heterocycles. The summed E-state index contributed by atoms with van der Waals surface area (Å²) in [7, 11) is 0. The zero-order chi connectivity index (χ0) is 7.40. The molecule has 1 N–H and O–H groups in total. The van der Waals surface area contributed by atoms with Crippen LogP contribution in [0.3, 0.4) is 0 Å². The van der Waals surface area contributed by atoms with Crippen LogP contribution >= 0.6 is 11.6 Å². The normalized spacial score (nSPS) is 11.5. The first-order valence-corrected chi connectivity index (χ1v) is 2.68. The number of aromatic amines is 1. The average Bonchev–Trinajstić information content (AvgIpc) is 2.31. The summed E-state index contributed by atoms with van der Waals surface area (Å²) in [6.07, 6.45) is 1.37. The maximum Gasteiger partial charge on any atom is 0.335 e. The summed E-state index contributed by atoms with van der Waals surface area (Å²) in [5.74, 6) is 0.